The molecule has 56 valence electrons. The molecule has 0 aliphatic heterocycles. The molecule has 0 atom stereocenters. The molecule has 0 spiro atoms. The lowest BCUT2D eigenvalue weighted by molar-refractivity contribution is 1.21. The number of hydrogen-bond acceptors (Lipinski definition) is 2. The van der Waals surface area contributed by atoms with Crippen LogP contribution in [0.25, 0.3) is 0 Å². The first-order chi connectivity index (χ1) is 4.83. The molecule has 0 saturated carbocycles. The predicted molar refractivity (Wildman–Crippen MR) is 51.4 cm³/mol. The Bertz CT molecular complexity index is 195. The summed E-state index contributed by atoms with van der Waals surface area (Å²) in [5, 5.41) is 0. The van der Waals surface area contributed by atoms with Gasteiger partial charge in [0.15, 0.2) is 0 Å². The fraction of sp³-hybridized carbons (Fsp3) is 0.429. The highest BCUT2D eigenvalue weighted by molar-refractivity contribution is 7.98. The maximum Gasteiger partial charge on any atom is 0.0931 e. The zero-order chi connectivity index (χ0) is 7.40. The lowest BCUT2D eigenvalue weighted by atomic mass is 10.4. The molecule has 0 aromatic carbocycles. The first-order valence-corrected chi connectivity index (χ1v) is 5.65. The highest BCUT2D eigenvalue weighted by Crippen LogP contribution is 2.22. The van der Waals surface area contributed by atoms with Gasteiger partial charge in [0.1, 0.15) is 0 Å². The molecule has 1 heterocycles. The third-order valence-corrected chi connectivity index (χ3v) is 3.08. The Hall–Kier alpha value is 0.340. The van der Waals surface area contributed by atoms with Crippen molar-refractivity contribution in [2.24, 2.45) is 0 Å². The van der Waals surface area contributed by atoms with Gasteiger partial charge in [-0.1, -0.05) is 11.6 Å². The van der Waals surface area contributed by atoms with Crippen molar-refractivity contribution in [2.75, 3.05) is 12.0 Å². The third-order valence-electron chi connectivity index (χ3n) is 1.18. The molecule has 0 aliphatic carbocycles. The van der Waals surface area contributed by atoms with Gasteiger partial charge in [-0.3, -0.25) is 0 Å². The average molecular weight is 193 g/mol. The van der Waals surface area contributed by atoms with E-state index in [1.165, 1.54) is 10.6 Å². The minimum Gasteiger partial charge on any atom is -0.165 e. The van der Waals surface area contributed by atoms with E-state index in [1.807, 2.05) is 17.8 Å². The topological polar surface area (TPSA) is 0 Å². The Morgan fingerprint density at radius 3 is 2.90 bits per heavy atom. The lowest BCUT2D eigenvalue weighted by Gasteiger charge is -1.90. The van der Waals surface area contributed by atoms with Gasteiger partial charge in [-0.05, 0) is 30.6 Å². The Morgan fingerprint density at radius 2 is 2.40 bits per heavy atom. The number of thiophene rings is 1. The highest BCUT2D eigenvalue weighted by atomic mass is 35.5. The van der Waals surface area contributed by atoms with E-state index in [0.29, 0.717) is 0 Å². The van der Waals surface area contributed by atoms with E-state index in [1.54, 1.807) is 11.3 Å². The maximum atomic E-state index is 5.75. The van der Waals surface area contributed by atoms with Crippen molar-refractivity contribution < 1.29 is 0 Å². The van der Waals surface area contributed by atoms with Crippen molar-refractivity contribution in [1.82, 2.24) is 0 Å². The van der Waals surface area contributed by atoms with E-state index in [0.717, 1.165) is 10.8 Å². The van der Waals surface area contributed by atoms with Crippen LogP contribution < -0.4 is 0 Å². The molecule has 0 aliphatic rings. The van der Waals surface area contributed by atoms with Gasteiger partial charge in [0.2, 0.25) is 0 Å². The molecule has 0 amide bonds. The molecule has 1 aromatic rings. The second-order valence-corrected chi connectivity index (χ2v) is 4.73. The minimum atomic E-state index is 0.899. The Labute approximate surface area is 74.6 Å². The number of thioether (sulfide) groups is 1. The molecule has 1 rings (SSSR count). The van der Waals surface area contributed by atoms with Crippen LogP contribution in [-0.2, 0) is 6.42 Å². The largest absolute Gasteiger partial charge is 0.165 e. The van der Waals surface area contributed by atoms with E-state index in [9.17, 15) is 0 Å². The normalized spacial score (nSPS) is 10.2. The zero-order valence-corrected chi connectivity index (χ0v) is 8.15. The van der Waals surface area contributed by atoms with Gasteiger partial charge in [-0.2, -0.15) is 11.8 Å². The van der Waals surface area contributed by atoms with E-state index in [2.05, 4.69) is 12.3 Å². The molecule has 3 heteroatoms. The van der Waals surface area contributed by atoms with E-state index in [-0.39, 0.29) is 0 Å². The summed E-state index contributed by atoms with van der Waals surface area (Å²) in [6.45, 7) is 0. The van der Waals surface area contributed by atoms with Gasteiger partial charge in [-0.15, -0.1) is 11.3 Å². The molecule has 0 saturated heterocycles. The molecule has 0 radical (unpaired) electrons. The molecule has 0 fully saturated rings. The second kappa shape index (κ2) is 4.27. The molecule has 0 unspecified atom stereocenters. The molecular weight excluding hydrogens is 184 g/mol. The molecule has 0 N–H and O–H groups in total. The Balaban J connectivity index is 2.42. The van der Waals surface area contributed by atoms with E-state index >= 15 is 0 Å². The van der Waals surface area contributed by atoms with Crippen LogP contribution >= 0.6 is 34.7 Å². The zero-order valence-electron chi connectivity index (χ0n) is 5.76. The van der Waals surface area contributed by atoms with Gasteiger partial charge in [-0.25, -0.2) is 0 Å². The quantitative estimate of drug-likeness (QED) is 0.708. The van der Waals surface area contributed by atoms with Crippen molar-refractivity contribution in [1.29, 1.82) is 0 Å². The summed E-state index contributed by atoms with van der Waals surface area (Å²) in [6.07, 6.45) is 3.27. The van der Waals surface area contributed by atoms with Crippen molar-refractivity contribution in [2.45, 2.75) is 6.42 Å². The molecular formula is C7H9ClS2. The Kier molecular flexibility index (Phi) is 3.60. The summed E-state index contributed by atoms with van der Waals surface area (Å²) >= 11 is 9.30. The van der Waals surface area contributed by atoms with Crippen LogP contribution in [0.3, 0.4) is 0 Å². The number of hydrogen-bond donors (Lipinski definition) is 0. The average Bonchev–Trinajstić information content (AvgIpc) is 2.31. The number of aryl methyl sites for hydroxylation is 1. The van der Waals surface area contributed by atoms with Crippen LogP contribution in [0.2, 0.25) is 4.34 Å². The Morgan fingerprint density at radius 1 is 1.60 bits per heavy atom. The summed E-state index contributed by atoms with van der Waals surface area (Å²) in [5.41, 5.74) is 0. The molecule has 1 aromatic heterocycles. The summed E-state index contributed by atoms with van der Waals surface area (Å²) < 4.78 is 0.899. The number of halogens is 1. The monoisotopic (exact) mass is 192 g/mol. The van der Waals surface area contributed by atoms with Crippen molar-refractivity contribution in [3.63, 3.8) is 0 Å². The van der Waals surface area contributed by atoms with Crippen LogP contribution in [0, 0.1) is 0 Å². The predicted octanol–water partition coefficient (Wildman–Crippen LogP) is 3.31. The second-order valence-electron chi connectivity index (χ2n) is 1.95. The number of rotatable bonds is 3. The van der Waals surface area contributed by atoms with Crippen LogP contribution in [0.1, 0.15) is 4.88 Å². The van der Waals surface area contributed by atoms with Crippen molar-refractivity contribution in [3.8, 4) is 0 Å². The van der Waals surface area contributed by atoms with Crippen LogP contribution in [0.15, 0.2) is 12.1 Å². The minimum absolute atomic E-state index is 0.899. The molecule has 10 heavy (non-hydrogen) atoms. The SMILES string of the molecule is CSCCc1ccc(Cl)s1. The van der Waals surface area contributed by atoms with Crippen molar-refractivity contribution >= 4 is 34.7 Å². The van der Waals surface area contributed by atoms with Gasteiger partial charge >= 0.3 is 0 Å². The fourth-order valence-corrected chi connectivity index (χ4v) is 2.33. The highest BCUT2D eigenvalue weighted by Gasteiger charge is 1.95. The van der Waals surface area contributed by atoms with Gasteiger partial charge < -0.3 is 0 Å². The summed E-state index contributed by atoms with van der Waals surface area (Å²) in [7, 11) is 0. The van der Waals surface area contributed by atoms with Gasteiger partial charge in [0.05, 0.1) is 4.34 Å². The lowest BCUT2D eigenvalue weighted by Crippen LogP contribution is -1.80. The summed E-state index contributed by atoms with van der Waals surface area (Å²) in [6, 6.07) is 4.06. The van der Waals surface area contributed by atoms with Crippen LogP contribution in [0.5, 0.6) is 0 Å². The van der Waals surface area contributed by atoms with Gasteiger partial charge in [0.25, 0.3) is 0 Å². The van der Waals surface area contributed by atoms with Crippen LogP contribution in [-0.4, -0.2) is 12.0 Å². The molecule has 0 bridgehead atoms. The fourth-order valence-electron chi connectivity index (χ4n) is 0.689. The smallest absolute Gasteiger partial charge is 0.0931 e. The van der Waals surface area contributed by atoms with E-state index < -0.39 is 0 Å². The summed E-state index contributed by atoms with van der Waals surface area (Å²) in [4.78, 5) is 1.39. The van der Waals surface area contributed by atoms with Gasteiger partial charge in [0, 0.05) is 4.88 Å². The first kappa shape index (κ1) is 8.44. The molecule has 0 nitrogen and oxygen atoms in total. The summed E-state index contributed by atoms with van der Waals surface area (Å²) in [5.74, 6) is 1.19. The standard InChI is InChI=1S/C7H9ClS2/c1-9-5-4-6-2-3-7(8)10-6/h2-3H,4-5H2,1H3. The van der Waals surface area contributed by atoms with Crippen LogP contribution in [0.4, 0.5) is 0 Å². The van der Waals surface area contributed by atoms with E-state index in [4.69, 9.17) is 11.6 Å². The van der Waals surface area contributed by atoms with Crippen molar-refractivity contribution in [3.05, 3.63) is 21.3 Å². The third kappa shape index (κ3) is 2.52. The maximum absolute atomic E-state index is 5.75. The first-order valence-electron chi connectivity index (χ1n) is 3.06.